The highest BCUT2D eigenvalue weighted by atomic mass is 16.5. The van der Waals surface area contributed by atoms with Crippen LogP contribution >= 0.6 is 0 Å². The number of hydrogen-bond acceptors (Lipinski definition) is 6. The van der Waals surface area contributed by atoms with E-state index in [1.54, 1.807) is 12.3 Å². The highest BCUT2D eigenvalue weighted by Crippen LogP contribution is 2.30. The van der Waals surface area contributed by atoms with Crippen molar-refractivity contribution in [3.8, 4) is 0 Å². The monoisotopic (exact) mass is 383 g/mol. The van der Waals surface area contributed by atoms with Crippen LogP contribution in [0.4, 0.5) is 0 Å². The topological polar surface area (TPSA) is 95.4 Å². The van der Waals surface area contributed by atoms with Crippen molar-refractivity contribution in [1.29, 1.82) is 0 Å². The molecule has 28 heavy (non-hydrogen) atoms. The Balaban J connectivity index is 1.30. The molecule has 9 heteroatoms. The molecule has 4 heterocycles. The van der Waals surface area contributed by atoms with E-state index in [2.05, 4.69) is 10.3 Å². The van der Waals surface area contributed by atoms with Gasteiger partial charge in [0.2, 0.25) is 5.91 Å². The molecule has 5 rings (SSSR count). The van der Waals surface area contributed by atoms with Gasteiger partial charge in [0, 0.05) is 26.1 Å². The van der Waals surface area contributed by atoms with E-state index in [9.17, 15) is 9.59 Å². The summed E-state index contributed by atoms with van der Waals surface area (Å²) in [6.45, 7) is 3.95. The zero-order valence-corrected chi connectivity index (χ0v) is 15.6. The van der Waals surface area contributed by atoms with Crippen LogP contribution < -0.4 is 5.76 Å². The molecule has 0 saturated carbocycles. The minimum atomic E-state index is -0.431. The predicted molar refractivity (Wildman–Crippen MR) is 98.7 cm³/mol. The lowest BCUT2D eigenvalue weighted by molar-refractivity contribution is -0.138. The van der Waals surface area contributed by atoms with Gasteiger partial charge in [-0.25, -0.2) is 9.48 Å². The number of nitrogens with zero attached hydrogens (tertiary/aromatic N) is 5. The van der Waals surface area contributed by atoms with Crippen LogP contribution in [0.15, 0.2) is 33.6 Å². The third-order valence-corrected chi connectivity index (χ3v) is 5.65. The maximum Gasteiger partial charge on any atom is 0.419 e. The molecule has 1 amide bonds. The van der Waals surface area contributed by atoms with Crippen LogP contribution in [0, 0.1) is 6.92 Å². The molecule has 1 aromatic carbocycles. The number of ether oxygens (including phenoxy) is 1. The third kappa shape index (κ3) is 2.82. The van der Waals surface area contributed by atoms with Crippen LogP contribution in [0.5, 0.6) is 0 Å². The van der Waals surface area contributed by atoms with Gasteiger partial charge in [0.05, 0.1) is 36.2 Å². The molecule has 2 atom stereocenters. The van der Waals surface area contributed by atoms with E-state index in [4.69, 9.17) is 9.15 Å². The SMILES string of the molecule is Cc1ccc2oc(=O)n(CCC(=O)N3CC[C@H]4OCc5cnnn5[C@H]4C3)c2c1. The van der Waals surface area contributed by atoms with Crippen molar-refractivity contribution in [1.82, 2.24) is 24.5 Å². The molecule has 0 bridgehead atoms. The minimum absolute atomic E-state index is 0.0101. The van der Waals surface area contributed by atoms with Gasteiger partial charge in [-0.1, -0.05) is 11.3 Å². The number of oxazole rings is 1. The average molecular weight is 383 g/mol. The molecule has 0 unspecified atom stereocenters. The number of amides is 1. The first-order chi connectivity index (χ1) is 13.6. The maximum atomic E-state index is 12.8. The van der Waals surface area contributed by atoms with Gasteiger partial charge in [0.15, 0.2) is 5.58 Å². The van der Waals surface area contributed by atoms with Crippen LogP contribution in [0.1, 0.15) is 30.1 Å². The Hall–Kier alpha value is -2.94. The number of hydrogen-bond donors (Lipinski definition) is 0. The van der Waals surface area contributed by atoms with Gasteiger partial charge in [-0.3, -0.25) is 9.36 Å². The van der Waals surface area contributed by atoms with E-state index in [1.807, 2.05) is 28.6 Å². The van der Waals surface area contributed by atoms with Gasteiger partial charge in [-0.2, -0.15) is 0 Å². The molecule has 0 radical (unpaired) electrons. The molecule has 2 aliphatic heterocycles. The van der Waals surface area contributed by atoms with E-state index in [-0.39, 0.29) is 24.5 Å². The lowest BCUT2D eigenvalue weighted by Gasteiger charge is -2.41. The largest absolute Gasteiger partial charge is 0.419 e. The molecule has 1 fully saturated rings. The molecular weight excluding hydrogens is 362 g/mol. The molecule has 9 nitrogen and oxygen atoms in total. The van der Waals surface area contributed by atoms with Gasteiger partial charge in [0.25, 0.3) is 0 Å². The fourth-order valence-electron chi connectivity index (χ4n) is 4.16. The number of rotatable bonds is 3. The van der Waals surface area contributed by atoms with Crippen molar-refractivity contribution < 1.29 is 13.9 Å². The first-order valence-electron chi connectivity index (χ1n) is 9.48. The summed E-state index contributed by atoms with van der Waals surface area (Å²) in [7, 11) is 0. The zero-order chi connectivity index (χ0) is 19.3. The molecule has 0 spiro atoms. The minimum Gasteiger partial charge on any atom is -0.408 e. The Labute approximate surface area is 160 Å². The second kappa shape index (κ2) is 6.59. The summed E-state index contributed by atoms with van der Waals surface area (Å²) in [4.78, 5) is 26.8. The van der Waals surface area contributed by atoms with Crippen molar-refractivity contribution in [3.63, 3.8) is 0 Å². The predicted octanol–water partition coefficient (Wildman–Crippen LogP) is 1.26. The second-order valence-corrected chi connectivity index (χ2v) is 7.46. The summed E-state index contributed by atoms with van der Waals surface area (Å²) in [6.07, 6.45) is 2.77. The summed E-state index contributed by atoms with van der Waals surface area (Å²) in [5.41, 5.74) is 3.24. The molecule has 146 valence electrons. The van der Waals surface area contributed by atoms with Crippen molar-refractivity contribution in [3.05, 3.63) is 46.2 Å². The Bertz CT molecular complexity index is 1100. The fourth-order valence-corrected chi connectivity index (χ4v) is 4.16. The summed E-state index contributed by atoms with van der Waals surface area (Å²) < 4.78 is 14.6. The normalized spacial score (nSPS) is 21.5. The van der Waals surface area contributed by atoms with E-state index >= 15 is 0 Å². The van der Waals surface area contributed by atoms with Crippen molar-refractivity contribution in [2.45, 2.75) is 45.1 Å². The van der Waals surface area contributed by atoms with Gasteiger partial charge in [-0.15, -0.1) is 5.10 Å². The maximum absolute atomic E-state index is 12.8. The van der Waals surface area contributed by atoms with Crippen LogP contribution in [0.3, 0.4) is 0 Å². The Morgan fingerprint density at radius 3 is 3.14 bits per heavy atom. The number of carbonyl (C=O) groups excluding carboxylic acids is 1. The lowest BCUT2D eigenvalue weighted by Crippen LogP contribution is -2.50. The Morgan fingerprint density at radius 2 is 2.25 bits per heavy atom. The molecule has 0 N–H and O–H groups in total. The summed E-state index contributed by atoms with van der Waals surface area (Å²) >= 11 is 0. The van der Waals surface area contributed by atoms with Crippen molar-refractivity contribution in [2.75, 3.05) is 13.1 Å². The third-order valence-electron chi connectivity index (χ3n) is 5.65. The van der Waals surface area contributed by atoms with E-state index < -0.39 is 5.76 Å². The van der Waals surface area contributed by atoms with Crippen LogP contribution in [0.2, 0.25) is 0 Å². The zero-order valence-electron chi connectivity index (χ0n) is 15.6. The van der Waals surface area contributed by atoms with E-state index in [0.29, 0.717) is 31.8 Å². The average Bonchev–Trinajstić information content (AvgIpc) is 3.29. The second-order valence-electron chi connectivity index (χ2n) is 7.46. The highest BCUT2D eigenvalue weighted by molar-refractivity contribution is 5.77. The molecule has 0 aliphatic carbocycles. The summed E-state index contributed by atoms with van der Waals surface area (Å²) in [5.74, 6) is -0.417. The van der Waals surface area contributed by atoms with Crippen LogP contribution in [-0.2, 0) is 22.7 Å². The number of fused-ring (bicyclic) bond motifs is 4. The number of likely N-dealkylation sites (tertiary alicyclic amines) is 1. The first-order valence-corrected chi connectivity index (χ1v) is 9.48. The fraction of sp³-hybridized carbons (Fsp3) is 0.474. The van der Waals surface area contributed by atoms with Gasteiger partial charge >= 0.3 is 5.76 Å². The summed E-state index contributed by atoms with van der Waals surface area (Å²) in [5, 5.41) is 8.13. The molecule has 2 aromatic heterocycles. The van der Waals surface area contributed by atoms with E-state index in [1.165, 1.54) is 4.57 Å². The lowest BCUT2D eigenvalue weighted by atomic mass is 10.00. The number of benzene rings is 1. The van der Waals surface area contributed by atoms with E-state index in [0.717, 1.165) is 23.2 Å². The molecular formula is C19H21N5O4. The number of aromatic nitrogens is 4. The number of aryl methyl sites for hydroxylation is 2. The van der Waals surface area contributed by atoms with Crippen molar-refractivity contribution in [2.24, 2.45) is 0 Å². The van der Waals surface area contributed by atoms with Gasteiger partial charge < -0.3 is 14.1 Å². The van der Waals surface area contributed by atoms with Crippen LogP contribution in [-0.4, -0.2) is 49.6 Å². The standard InChI is InChI=1S/C19H21N5O4/c1-12-2-3-17-14(8-12)23(19(26)28-17)7-5-18(25)22-6-4-16-15(10-22)24-13(11-27-16)9-20-21-24/h2-3,8-9,15-16H,4-7,10-11H2,1H3/t15-,16+/m0/s1. The quantitative estimate of drug-likeness (QED) is 0.676. The van der Waals surface area contributed by atoms with Crippen LogP contribution in [0.25, 0.3) is 11.1 Å². The van der Waals surface area contributed by atoms with Gasteiger partial charge in [-0.05, 0) is 31.0 Å². The van der Waals surface area contributed by atoms with Gasteiger partial charge in [0.1, 0.15) is 0 Å². The Morgan fingerprint density at radius 1 is 1.36 bits per heavy atom. The molecule has 2 aliphatic rings. The molecule has 3 aromatic rings. The number of carbonyl (C=O) groups is 1. The summed E-state index contributed by atoms with van der Waals surface area (Å²) in [6, 6.07) is 5.58. The highest BCUT2D eigenvalue weighted by Gasteiger charge is 2.37. The van der Waals surface area contributed by atoms with Crippen molar-refractivity contribution >= 4 is 17.0 Å². The Kier molecular flexibility index (Phi) is 4.04. The first kappa shape index (κ1) is 17.2. The number of piperidine rings is 1. The smallest absolute Gasteiger partial charge is 0.408 e. The molecule has 1 saturated heterocycles.